The van der Waals surface area contributed by atoms with Crippen molar-refractivity contribution in [1.82, 2.24) is 14.5 Å². The van der Waals surface area contributed by atoms with Gasteiger partial charge in [0.15, 0.2) is 11.6 Å². The van der Waals surface area contributed by atoms with E-state index in [1.165, 1.54) is 42.1 Å². The third-order valence-electron chi connectivity index (χ3n) is 7.80. The number of pyridine rings is 2. The Balaban J connectivity index is 1.26. The molecule has 1 spiro atoms. The van der Waals surface area contributed by atoms with Crippen molar-refractivity contribution in [3.63, 3.8) is 0 Å². The fraction of sp³-hybridized carbons (Fsp3) is 0.267. The van der Waals surface area contributed by atoms with Crippen molar-refractivity contribution in [2.24, 2.45) is 0 Å². The smallest absolute Gasteiger partial charge is 0.251 e. The van der Waals surface area contributed by atoms with E-state index < -0.39 is 34.9 Å². The minimum atomic E-state index is -1.36. The molecular formula is C30H25F4N3O2. The Morgan fingerprint density at radius 2 is 1.67 bits per heavy atom. The second-order valence-electron chi connectivity index (χ2n) is 10.1. The first-order valence-corrected chi connectivity index (χ1v) is 12.7. The van der Waals surface area contributed by atoms with Gasteiger partial charge in [0.2, 0.25) is 0 Å². The van der Waals surface area contributed by atoms with Crippen LogP contribution in [-0.2, 0) is 23.5 Å². The number of aromatic nitrogens is 2. The van der Waals surface area contributed by atoms with Crippen molar-refractivity contribution < 1.29 is 22.3 Å². The molecule has 1 atom stereocenters. The highest BCUT2D eigenvalue weighted by Crippen LogP contribution is 2.44. The topological polar surface area (TPSA) is 47.4 Å². The number of benzene rings is 2. The molecule has 0 aliphatic carbocycles. The van der Waals surface area contributed by atoms with E-state index in [4.69, 9.17) is 4.74 Å². The average Bonchev–Trinajstić information content (AvgIpc) is 3.28. The van der Waals surface area contributed by atoms with Gasteiger partial charge >= 0.3 is 0 Å². The molecular weight excluding hydrogens is 510 g/mol. The van der Waals surface area contributed by atoms with Gasteiger partial charge in [-0.1, -0.05) is 18.2 Å². The van der Waals surface area contributed by atoms with E-state index in [2.05, 4.69) is 9.88 Å². The molecule has 0 amide bonds. The molecule has 2 aliphatic heterocycles. The largest absolute Gasteiger partial charge is 0.365 e. The Hall–Kier alpha value is -3.82. The van der Waals surface area contributed by atoms with Crippen LogP contribution in [0.4, 0.5) is 17.6 Å². The van der Waals surface area contributed by atoms with Crippen LogP contribution in [0.2, 0.25) is 0 Å². The van der Waals surface area contributed by atoms with Crippen molar-refractivity contribution in [3.05, 3.63) is 135 Å². The van der Waals surface area contributed by atoms with Crippen molar-refractivity contribution in [1.29, 1.82) is 0 Å². The van der Waals surface area contributed by atoms with Gasteiger partial charge in [0, 0.05) is 67.0 Å². The van der Waals surface area contributed by atoms with E-state index in [9.17, 15) is 18.0 Å². The molecule has 0 radical (unpaired) electrons. The molecule has 1 fully saturated rings. The van der Waals surface area contributed by atoms with Gasteiger partial charge in [-0.05, 0) is 48.2 Å². The average molecular weight is 536 g/mol. The van der Waals surface area contributed by atoms with E-state index in [1.54, 1.807) is 12.3 Å². The van der Waals surface area contributed by atoms with Gasteiger partial charge < -0.3 is 9.30 Å². The number of likely N-dealkylation sites (tertiary alicyclic amines) is 1. The Bertz CT molecular complexity index is 1600. The fourth-order valence-electron chi connectivity index (χ4n) is 5.76. The Morgan fingerprint density at radius 3 is 2.44 bits per heavy atom. The zero-order valence-corrected chi connectivity index (χ0v) is 20.9. The van der Waals surface area contributed by atoms with Crippen LogP contribution in [-0.4, -0.2) is 27.5 Å². The molecule has 0 bridgehead atoms. The molecule has 0 N–H and O–H groups in total. The minimum absolute atomic E-state index is 0.0296. The summed E-state index contributed by atoms with van der Waals surface area (Å²) in [5, 5.41) is 0. The zero-order valence-electron chi connectivity index (χ0n) is 20.9. The molecule has 2 aromatic carbocycles. The van der Waals surface area contributed by atoms with Gasteiger partial charge in [0.1, 0.15) is 11.6 Å². The van der Waals surface area contributed by atoms with E-state index >= 15 is 4.39 Å². The first kappa shape index (κ1) is 25.5. The quantitative estimate of drug-likeness (QED) is 0.252. The van der Waals surface area contributed by atoms with Gasteiger partial charge in [-0.15, -0.1) is 0 Å². The summed E-state index contributed by atoms with van der Waals surface area (Å²) in [6.07, 6.45) is 6.61. The number of rotatable bonds is 5. The maximum Gasteiger partial charge on any atom is 0.251 e. The van der Waals surface area contributed by atoms with Crippen LogP contribution in [0, 0.1) is 23.3 Å². The molecule has 2 aliphatic rings. The molecule has 2 aromatic heterocycles. The van der Waals surface area contributed by atoms with Crippen LogP contribution in [0.1, 0.15) is 46.7 Å². The summed E-state index contributed by atoms with van der Waals surface area (Å²) in [6.45, 7) is 2.57. The van der Waals surface area contributed by atoms with Crippen LogP contribution in [0.5, 0.6) is 0 Å². The highest BCUT2D eigenvalue weighted by molar-refractivity contribution is 5.38. The van der Waals surface area contributed by atoms with Gasteiger partial charge in [-0.25, -0.2) is 17.6 Å². The summed E-state index contributed by atoms with van der Waals surface area (Å²) in [7, 11) is 0. The van der Waals surface area contributed by atoms with Crippen molar-refractivity contribution in [2.75, 3.05) is 13.1 Å². The number of hydrogen-bond acceptors (Lipinski definition) is 4. The van der Waals surface area contributed by atoms with Gasteiger partial charge in [-0.2, -0.15) is 0 Å². The number of piperidine rings is 1. The third kappa shape index (κ3) is 4.66. The monoisotopic (exact) mass is 535 g/mol. The minimum Gasteiger partial charge on any atom is -0.365 e. The van der Waals surface area contributed by atoms with Gasteiger partial charge in [-0.3, -0.25) is 14.7 Å². The maximum atomic E-state index is 15.6. The number of halogens is 4. The summed E-state index contributed by atoms with van der Waals surface area (Å²) in [5.41, 5.74) is 1.77. The van der Waals surface area contributed by atoms with E-state index in [-0.39, 0.29) is 16.7 Å². The number of nitrogens with zero attached hydrogens (tertiary/aromatic N) is 3. The molecule has 0 saturated carbocycles. The lowest BCUT2D eigenvalue weighted by Gasteiger charge is -2.39. The second-order valence-corrected chi connectivity index (χ2v) is 10.1. The molecule has 1 saturated heterocycles. The first-order valence-electron chi connectivity index (χ1n) is 12.7. The normalized spacial score (nSPS) is 17.3. The molecule has 1 unspecified atom stereocenters. The Kier molecular flexibility index (Phi) is 6.56. The predicted molar refractivity (Wildman–Crippen MR) is 136 cm³/mol. The van der Waals surface area contributed by atoms with E-state index in [0.29, 0.717) is 30.8 Å². The predicted octanol–water partition coefficient (Wildman–Crippen LogP) is 5.46. The van der Waals surface area contributed by atoms with Crippen molar-refractivity contribution >= 4 is 0 Å². The van der Waals surface area contributed by atoms with Crippen LogP contribution < -0.4 is 5.56 Å². The summed E-state index contributed by atoms with van der Waals surface area (Å²) >= 11 is 0. The third-order valence-corrected chi connectivity index (χ3v) is 7.80. The molecule has 39 heavy (non-hydrogen) atoms. The summed E-state index contributed by atoms with van der Waals surface area (Å²) < 4.78 is 65.6. The highest BCUT2D eigenvalue weighted by atomic mass is 19.2. The maximum absolute atomic E-state index is 15.6. The van der Waals surface area contributed by atoms with Crippen molar-refractivity contribution in [2.45, 2.75) is 37.6 Å². The lowest BCUT2D eigenvalue weighted by Crippen LogP contribution is -2.42. The van der Waals surface area contributed by atoms with Gasteiger partial charge in [0.05, 0.1) is 18.2 Å². The van der Waals surface area contributed by atoms with E-state index in [1.807, 2.05) is 12.3 Å². The molecule has 6 rings (SSSR count). The number of fused-ring (bicyclic) bond motifs is 2. The molecule has 4 aromatic rings. The fourth-order valence-corrected chi connectivity index (χ4v) is 5.76. The molecule has 5 nitrogen and oxygen atoms in total. The van der Waals surface area contributed by atoms with Gasteiger partial charge in [0.25, 0.3) is 5.56 Å². The van der Waals surface area contributed by atoms with Crippen LogP contribution >= 0.6 is 0 Å². The Labute approximate surface area is 222 Å². The summed E-state index contributed by atoms with van der Waals surface area (Å²) in [4.78, 5) is 19.1. The van der Waals surface area contributed by atoms with E-state index in [0.717, 1.165) is 36.1 Å². The SMILES string of the molecule is O=c1ccccn1C(c1ccc(CN2CCC3(CC2)OCc2ccncc23)cc1F)c1cc(F)c(F)cc1F. The van der Waals surface area contributed by atoms with Crippen LogP contribution in [0.3, 0.4) is 0 Å². The zero-order chi connectivity index (χ0) is 27.1. The van der Waals surface area contributed by atoms with Crippen LogP contribution in [0.15, 0.2) is 78.0 Å². The molecule has 200 valence electrons. The lowest BCUT2D eigenvalue weighted by molar-refractivity contribution is -0.0800. The molecule has 4 heterocycles. The number of ether oxygens (including phenoxy) is 1. The molecule has 9 heteroatoms. The highest BCUT2D eigenvalue weighted by Gasteiger charge is 2.42. The van der Waals surface area contributed by atoms with Crippen LogP contribution in [0.25, 0.3) is 0 Å². The summed E-state index contributed by atoms with van der Waals surface area (Å²) in [6, 6.07) is 10.5. The second kappa shape index (κ2) is 10.1. The lowest BCUT2D eigenvalue weighted by atomic mass is 9.84. The number of hydrogen-bond donors (Lipinski definition) is 0. The Morgan fingerprint density at radius 1 is 0.897 bits per heavy atom. The first-order chi connectivity index (χ1) is 18.8. The standard InChI is InChI=1S/C30H25F4N3O2/c31-24-13-19(17-36-11-7-30(8-12-36)23-16-35-9-6-20(23)18-39-30)4-5-21(24)29(37-10-2-1-3-28(37)38)22-14-26(33)27(34)15-25(22)32/h1-6,9-10,13-16,29H,7-8,11-12,17-18H2. The summed E-state index contributed by atoms with van der Waals surface area (Å²) in [5.74, 6) is -4.40. The van der Waals surface area contributed by atoms with Crippen molar-refractivity contribution in [3.8, 4) is 0 Å².